The Morgan fingerprint density at radius 2 is 0.401 bits per heavy atom. The van der Waals surface area contributed by atoms with E-state index in [1.807, 2.05) is 0 Å². The van der Waals surface area contributed by atoms with Crippen molar-refractivity contribution in [3.63, 3.8) is 0 Å². The van der Waals surface area contributed by atoms with Crippen molar-refractivity contribution < 1.29 is 40.7 Å². The Balaban J connectivity index is 1.44. The molecule has 0 aliphatic heterocycles. The molecule has 0 radical (unpaired) electrons. The Labute approximate surface area is 880 Å². The first kappa shape index (κ1) is 126. The van der Waals surface area contributed by atoms with E-state index in [-0.39, 0.29) is 28.1 Å². The van der Waals surface area contributed by atoms with Crippen LogP contribution < -0.4 is 27.1 Å². The van der Waals surface area contributed by atoms with Crippen LogP contribution in [0.15, 0.2) is 109 Å². The van der Waals surface area contributed by atoms with Crippen LogP contribution in [-0.2, 0) is 49.1 Å². The maximum absolute atomic E-state index is 7.51. The van der Waals surface area contributed by atoms with Gasteiger partial charge in [-0.3, -0.25) is 13.6 Å². The van der Waals surface area contributed by atoms with Gasteiger partial charge in [-0.05, 0) is 194 Å². The van der Waals surface area contributed by atoms with Gasteiger partial charge in [-0.25, -0.2) is 0 Å². The second-order valence-corrected chi connectivity index (χ2v) is 49.2. The zero-order valence-electron chi connectivity index (χ0n) is 95.6. The van der Waals surface area contributed by atoms with Gasteiger partial charge >= 0.3 is 25.8 Å². The van der Waals surface area contributed by atoms with Gasteiger partial charge in [0, 0.05) is 22.6 Å². The van der Waals surface area contributed by atoms with E-state index < -0.39 is 25.8 Å². The van der Waals surface area contributed by atoms with E-state index in [0.717, 1.165) is 135 Å². The molecule has 6 aromatic carbocycles. The van der Waals surface area contributed by atoms with E-state index >= 15 is 0 Å². The van der Waals surface area contributed by atoms with Crippen LogP contribution >= 0.6 is 25.8 Å². The standard InChI is InChI=1S/C130H217O9P3/c1-20-26-32-38-44-47-50-53-56-59-62-68-74-86-98-131-140(134-122-95-83-80-92-112(122)89-77-71-65-41-35-29-23-4)137-125-102-109(8)115(105-119(125)128(11,12)13)108(7)101-118(116-106-120(129(14,15)16)126(103-110(116)9)138-141(132-99-87-75-69-63-60-57-54-51-48-45-39-33-27-21-2)135-123-96-84-81-93-113(123)90-78-72-66-42-36-30-24-5)117-107-121(130(17,18)19)127(104-111(117)10)139-142(133-100-88-76-70-64-61-58-55-52-49-46-40-34-28-22-3)136-124-97-85-82-94-114(124)91-79-73-67-43-37-31-25-6/h80-85,92-97,102-108,118H,20-79,86-91,98-101H2,1-19H3. The topological polar surface area (TPSA) is 83.1 Å². The summed E-state index contributed by atoms with van der Waals surface area (Å²) in [7, 11) is -5.59. The van der Waals surface area contributed by atoms with Gasteiger partial charge in [0.1, 0.15) is 34.5 Å². The number of benzene rings is 6. The van der Waals surface area contributed by atoms with Crippen LogP contribution in [0.5, 0.6) is 34.5 Å². The third-order valence-electron chi connectivity index (χ3n) is 29.6. The first-order chi connectivity index (χ1) is 68.9. The molecule has 4 unspecified atom stereocenters. The Morgan fingerprint density at radius 1 is 0.218 bits per heavy atom. The highest BCUT2D eigenvalue weighted by Gasteiger charge is 2.35. The lowest BCUT2D eigenvalue weighted by atomic mass is 9.74. The molecule has 0 amide bonds. The lowest BCUT2D eigenvalue weighted by Gasteiger charge is -2.33. The minimum Gasteiger partial charge on any atom is -0.417 e. The van der Waals surface area contributed by atoms with Crippen LogP contribution in [0.25, 0.3) is 0 Å². The Morgan fingerprint density at radius 3 is 0.620 bits per heavy atom. The zero-order chi connectivity index (χ0) is 102. The quantitative estimate of drug-likeness (QED) is 0.0274. The molecule has 6 rings (SSSR count). The highest BCUT2D eigenvalue weighted by molar-refractivity contribution is 7.43. The third kappa shape index (κ3) is 54.1. The summed E-state index contributed by atoms with van der Waals surface area (Å²) in [5.74, 6) is 5.09. The normalized spacial score (nSPS) is 13.1. The first-order valence-electron chi connectivity index (χ1n) is 60.0. The van der Waals surface area contributed by atoms with Crippen LogP contribution in [0, 0.1) is 20.8 Å². The van der Waals surface area contributed by atoms with Gasteiger partial charge in [0.25, 0.3) is 0 Å². The van der Waals surface area contributed by atoms with Crippen LogP contribution in [0.1, 0.15) is 600 Å². The fourth-order valence-corrected chi connectivity index (χ4v) is 23.7. The molecule has 0 fully saturated rings. The van der Waals surface area contributed by atoms with E-state index in [9.17, 15) is 0 Å². The highest BCUT2D eigenvalue weighted by atomic mass is 31.2. The molecule has 806 valence electrons. The van der Waals surface area contributed by atoms with E-state index in [1.165, 1.54) is 397 Å². The minimum atomic E-state index is -1.88. The van der Waals surface area contributed by atoms with E-state index in [4.69, 9.17) is 40.7 Å². The average Bonchev–Trinajstić information content (AvgIpc) is 0.756. The summed E-state index contributed by atoms with van der Waals surface area (Å²) in [4.78, 5) is 0. The fraction of sp³-hybridized carbons (Fsp3) is 0.723. The van der Waals surface area contributed by atoms with E-state index in [2.05, 4.69) is 241 Å². The number of rotatable bonds is 89. The first-order valence-corrected chi connectivity index (χ1v) is 63.3. The smallest absolute Gasteiger partial charge is 0.417 e. The molecule has 0 aliphatic carbocycles. The van der Waals surface area contributed by atoms with Crippen molar-refractivity contribution in [3.05, 3.63) is 176 Å². The van der Waals surface area contributed by atoms with Crippen molar-refractivity contribution in [1.82, 2.24) is 0 Å². The molecule has 0 bridgehead atoms. The van der Waals surface area contributed by atoms with Crippen molar-refractivity contribution in [2.75, 3.05) is 19.8 Å². The van der Waals surface area contributed by atoms with Gasteiger partial charge < -0.3 is 27.1 Å². The van der Waals surface area contributed by atoms with E-state index in [0.29, 0.717) is 19.8 Å². The van der Waals surface area contributed by atoms with Crippen LogP contribution in [0.2, 0.25) is 0 Å². The number of hydrogen-bond donors (Lipinski definition) is 0. The largest absolute Gasteiger partial charge is 0.463 e. The predicted octanol–water partition coefficient (Wildman–Crippen LogP) is 45.3. The Hall–Kier alpha value is -4.71. The molecular weight excluding hydrogens is 1800 g/mol. The molecule has 4 atom stereocenters. The highest BCUT2D eigenvalue weighted by Crippen LogP contribution is 2.54. The van der Waals surface area contributed by atoms with Crippen LogP contribution in [-0.4, -0.2) is 19.8 Å². The molecule has 0 heterocycles. The molecule has 6 aromatic rings. The summed E-state index contributed by atoms with van der Waals surface area (Å²) in [6.45, 7) is 46.2. The summed E-state index contributed by atoms with van der Waals surface area (Å²) in [6.07, 6.45) is 85.1. The van der Waals surface area contributed by atoms with Crippen molar-refractivity contribution >= 4 is 25.8 Å². The molecule has 0 spiro atoms. The Bertz CT molecular complexity index is 3940. The number of unbranched alkanes of at least 4 members (excludes halogenated alkanes) is 57. The van der Waals surface area contributed by atoms with Gasteiger partial charge in [-0.2, -0.15) is 0 Å². The van der Waals surface area contributed by atoms with Gasteiger partial charge in [0.05, 0.1) is 19.8 Å². The molecule has 0 saturated heterocycles. The minimum absolute atomic E-state index is 0.0752. The molecular formula is C130H217O9P3. The number of hydrogen-bond acceptors (Lipinski definition) is 9. The van der Waals surface area contributed by atoms with Gasteiger partial charge in [-0.1, -0.05) is 550 Å². The lowest BCUT2D eigenvalue weighted by molar-refractivity contribution is 0.255. The zero-order valence-corrected chi connectivity index (χ0v) is 98.2. The van der Waals surface area contributed by atoms with Crippen LogP contribution in [0.4, 0.5) is 0 Å². The molecule has 142 heavy (non-hydrogen) atoms. The van der Waals surface area contributed by atoms with Gasteiger partial charge in [-0.15, -0.1) is 0 Å². The second kappa shape index (κ2) is 77.6. The summed E-state index contributed by atoms with van der Waals surface area (Å²) in [6, 6.07) is 40.7. The van der Waals surface area contributed by atoms with Gasteiger partial charge in [0.15, 0.2) is 0 Å². The van der Waals surface area contributed by atoms with Gasteiger partial charge in [0.2, 0.25) is 0 Å². The van der Waals surface area contributed by atoms with Crippen molar-refractivity contribution in [1.29, 1.82) is 0 Å². The summed E-state index contributed by atoms with van der Waals surface area (Å²) < 4.78 is 65.1. The Kier molecular flexibility index (Phi) is 68.8. The SMILES string of the molecule is CCCCCCCCCCCCCCCCOP(Oc1ccccc1CCCCCCCCC)Oc1cc(C)c(C(C)CC(c2cc(C(C)(C)C)c(OP(OCCCCCCCCCCCCCCCC)Oc3ccccc3CCCCCCCCC)cc2C)c2cc(C(C)(C)C)c(OP(OCCCCCCCCCCCCCCCC)Oc3ccccc3CCCCCCCCC)cc2C)cc1C(C)(C)C. The average molecular weight is 2020 g/mol. The molecule has 0 N–H and O–H groups in total. The van der Waals surface area contributed by atoms with Crippen molar-refractivity contribution in [2.45, 2.75) is 590 Å². The second-order valence-electron chi connectivity index (χ2n) is 46.0. The van der Waals surface area contributed by atoms with Crippen molar-refractivity contribution in [2.24, 2.45) is 0 Å². The molecule has 0 aromatic heterocycles. The lowest BCUT2D eigenvalue weighted by Crippen LogP contribution is -2.19. The van der Waals surface area contributed by atoms with Crippen LogP contribution in [0.3, 0.4) is 0 Å². The fourth-order valence-electron chi connectivity index (χ4n) is 20.5. The predicted molar refractivity (Wildman–Crippen MR) is 622 cm³/mol. The number of aryl methyl sites for hydroxylation is 6. The van der Waals surface area contributed by atoms with Crippen molar-refractivity contribution in [3.8, 4) is 34.5 Å². The summed E-state index contributed by atoms with van der Waals surface area (Å²) >= 11 is 0. The molecule has 0 saturated carbocycles. The monoisotopic (exact) mass is 2020 g/mol. The van der Waals surface area contributed by atoms with E-state index in [1.54, 1.807) is 0 Å². The molecule has 12 heteroatoms. The summed E-state index contributed by atoms with van der Waals surface area (Å²) in [5.41, 5.74) is 13.5. The summed E-state index contributed by atoms with van der Waals surface area (Å²) in [5, 5.41) is 0. The maximum Gasteiger partial charge on any atom is 0.463 e. The number of para-hydroxylation sites is 3. The maximum atomic E-state index is 7.51. The molecule has 9 nitrogen and oxygen atoms in total. The molecule has 0 aliphatic rings. The third-order valence-corrected chi connectivity index (χ3v) is 32.8.